The zero-order valence-corrected chi connectivity index (χ0v) is 16.8. The van der Waals surface area contributed by atoms with Gasteiger partial charge in [0.25, 0.3) is 5.56 Å². The Kier molecular flexibility index (Phi) is 5.75. The molecule has 28 heavy (non-hydrogen) atoms. The predicted octanol–water partition coefficient (Wildman–Crippen LogP) is 2.43. The van der Waals surface area contributed by atoms with Gasteiger partial charge < -0.3 is 11.1 Å². The summed E-state index contributed by atoms with van der Waals surface area (Å²) in [6.45, 7) is 4.59. The highest BCUT2D eigenvalue weighted by atomic mass is 32.1. The lowest BCUT2D eigenvalue weighted by Gasteiger charge is -2.39. The predicted molar refractivity (Wildman–Crippen MR) is 104 cm³/mol. The second-order valence-electron chi connectivity index (χ2n) is 7.59. The third-order valence-corrected chi connectivity index (χ3v) is 6.82. The van der Waals surface area contributed by atoms with Crippen LogP contribution in [-0.2, 0) is 18.6 Å². The summed E-state index contributed by atoms with van der Waals surface area (Å²) in [7, 11) is 0. The maximum atomic E-state index is 13.2. The Hall–Kier alpha value is -1.65. The van der Waals surface area contributed by atoms with Gasteiger partial charge in [-0.3, -0.25) is 13.9 Å². The molecule has 6 nitrogen and oxygen atoms in total. The number of hydrogen-bond acceptors (Lipinski definition) is 5. The minimum atomic E-state index is -4.38. The fourth-order valence-electron chi connectivity index (χ4n) is 3.69. The molecule has 3 rings (SSSR count). The van der Waals surface area contributed by atoms with E-state index in [-0.39, 0.29) is 0 Å². The van der Waals surface area contributed by atoms with Gasteiger partial charge in [0.2, 0.25) is 0 Å². The Morgan fingerprint density at radius 2 is 1.96 bits per heavy atom. The number of hydrogen-bond donors (Lipinski definition) is 2. The normalized spacial score (nSPS) is 16.5. The van der Waals surface area contributed by atoms with Crippen LogP contribution in [0.3, 0.4) is 0 Å². The van der Waals surface area contributed by atoms with Crippen molar-refractivity contribution in [1.82, 2.24) is 14.5 Å². The van der Waals surface area contributed by atoms with Crippen molar-refractivity contribution in [1.29, 1.82) is 0 Å². The molecule has 0 saturated heterocycles. The highest BCUT2D eigenvalue weighted by Gasteiger charge is 2.38. The third-order valence-electron chi connectivity index (χ3n) is 5.51. The lowest BCUT2D eigenvalue weighted by Crippen LogP contribution is -2.53. The van der Waals surface area contributed by atoms with Crippen molar-refractivity contribution in [3.8, 4) is 0 Å². The fourth-order valence-corrected chi connectivity index (χ4v) is 4.97. The summed E-state index contributed by atoms with van der Waals surface area (Å²) in [6.07, 6.45) is -3.28. The molecule has 0 atom stereocenters. The Balaban J connectivity index is 2.20. The molecule has 2 aromatic heterocycles. The van der Waals surface area contributed by atoms with Crippen molar-refractivity contribution in [3.63, 3.8) is 0 Å². The molecule has 2 aromatic rings. The van der Waals surface area contributed by atoms with Gasteiger partial charge in [0.05, 0.1) is 11.8 Å². The van der Waals surface area contributed by atoms with E-state index >= 15 is 0 Å². The summed E-state index contributed by atoms with van der Waals surface area (Å²) in [5.74, 6) is 0. The molecule has 0 bridgehead atoms. The zero-order chi connectivity index (χ0) is 20.7. The zero-order valence-electron chi connectivity index (χ0n) is 16.0. The first-order valence-electron chi connectivity index (χ1n) is 9.35. The first kappa shape index (κ1) is 21.1. The number of aryl methyl sites for hydroxylation is 2. The Bertz CT molecular complexity index is 986. The van der Waals surface area contributed by atoms with Gasteiger partial charge >= 0.3 is 11.9 Å². The highest BCUT2D eigenvalue weighted by molar-refractivity contribution is 7.18. The van der Waals surface area contributed by atoms with Gasteiger partial charge in [0.1, 0.15) is 4.83 Å². The first-order chi connectivity index (χ1) is 13.1. The van der Waals surface area contributed by atoms with Crippen LogP contribution in [0.4, 0.5) is 13.2 Å². The molecule has 1 saturated carbocycles. The maximum absolute atomic E-state index is 13.2. The summed E-state index contributed by atoms with van der Waals surface area (Å²) in [6, 6.07) is 0. The van der Waals surface area contributed by atoms with Gasteiger partial charge in [0, 0.05) is 36.6 Å². The quantitative estimate of drug-likeness (QED) is 0.677. The van der Waals surface area contributed by atoms with Crippen LogP contribution in [0, 0.1) is 6.92 Å². The Morgan fingerprint density at radius 1 is 1.29 bits per heavy atom. The topological polar surface area (TPSA) is 82.1 Å². The average molecular weight is 418 g/mol. The molecule has 0 unspecified atom stereocenters. The SMILES string of the molecule is Cc1c(CNCCN)sc2c1c(=O)n(C1(C)CCC1)c(=O)n2CCC(F)(F)F. The second-order valence-corrected chi connectivity index (χ2v) is 8.67. The number of nitrogens with two attached hydrogens (primary N) is 1. The van der Waals surface area contributed by atoms with Gasteiger partial charge in [-0.05, 0) is 38.7 Å². The molecule has 0 radical (unpaired) electrons. The van der Waals surface area contributed by atoms with Crippen LogP contribution in [0.15, 0.2) is 9.59 Å². The number of alkyl halides is 3. The highest BCUT2D eigenvalue weighted by Crippen LogP contribution is 2.37. The van der Waals surface area contributed by atoms with Crippen molar-refractivity contribution in [2.75, 3.05) is 13.1 Å². The van der Waals surface area contributed by atoms with E-state index in [1.54, 1.807) is 6.92 Å². The monoisotopic (exact) mass is 418 g/mol. The molecule has 1 aliphatic carbocycles. The van der Waals surface area contributed by atoms with Gasteiger partial charge in [-0.25, -0.2) is 4.79 Å². The molecular formula is C18H25F3N4O2S. The number of aromatic nitrogens is 2. The summed E-state index contributed by atoms with van der Waals surface area (Å²) in [5, 5.41) is 3.49. The van der Waals surface area contributed by atoms with E-state index in [4.69, 9.17) is 5.73 Å². The molecule has 10 heteroatoms. The van der Waals surface area contributed by atoms with Crippen molar-refractivity contribution in [3.05, 3.63) is 31.3 Å². The molecular weight excluding hydrogens is 393 g/mol. The standard InChI is InChI=1S/C18H25F3N4O2S/c1-11-12(10-23-8-7-22)28-15-13(11)14(26)25(17(2)4-3-5-17)16(27)24(15)9-6-18(19,20)21/h23H,3-10,22H2,1-2H3. The minimum absolute atomic E-state index is 0.320. The van der Waals surface area contributed by atoms with E-state index in [2.05, 4.69) is 5.32 Å². The van der Waals surface area contributed by atoms with E-state index in [1.165, 1.54) is 15.9 Å². The number of nitrogens with zero attached hydrogens (tertiary/aromatic N) is 2. The van der Waals surface area contributed by atoms with E-state index in [0.29, 0.717) is 48.3 Å². The number of halogens is 3. The molecule has 1 aliphatic rings. The second kappa shape index (κ2) is 7.64. The first-order valence-corrected chi connectivity index (χ1v) is 10.2. The molecule has 156 valence electrons. The van der Waals surface area contributed by atoms with Crippen molar-refractivity contribution >= 4 is 21.6 Å². The number of nitrogens with one attached hydrogen (secondary N) is 1. The minimum Gasteiger partial charge on any atom is -0.329 e. The van der Waals surface area contributed by atoms with E-state index in [1.807, 2.05) is 6.92 Å². The number of rotatable bonds is 7. The summed E-state index contributed by atoms with van der Waals surface area (Å²) in [4.78, 5) is 27.4. The van der Waals surface area contributed by atoms with Crippen LogP contribution in [-0.4, -0.2) is 28.4 Å². The summed E-state index contributed by atoms with van der Waals surface area (Å²) >= 11 is 1.20. The number of thiophene rings is 1. The summed E-state index contributed by atoms with van der Waals surface area (Å²) < 4.78 is 40.9. The van der Waals surface area contributed by atoms with Crippen LogP contribution >= 0.6 is 11.3 Å². The van der Waals surface area contributed by atoms with Crippen molar-refractivity contribution in [2.45, 2.75) is 64.3 Å². The molecule has 0 aliphatic heterocycles. The average Bonchev–Trinajstić information content (AvgIpc) is 2.89. The Labute approximate surface area is 164 Å². The fraction of sp³-hybridized carbons (Fsp3) is 0.667. The molecule has 3 N–H and O–H groups in total. The Morgan fingerprint density at radius 3 is 2.50 bits per heavy atom. The van der Waals surface area contributed by atoms with Crippen LogP contribution in [0.25, 0.3) is 10.2 Å². The lowest BCUT2D eigenvalue weighted by molar-refractivity contribution is -0.136. The van der Waals surface area contributed by atoms with E-state index in [0.717, 1.165) is 15.9 Å². The van der Waals surface area contributed by atoms with Gasteiger partial charge in [0.15, 0.2) is 0 Å². The van der Waals surface area contributed by atoms with Gasteiger partial charge in [-0.1, -0.05) is 0 Å². The van der Waals surface area contributed by atoms with E-state index < -0.39 is 35.9 Å². The molecule has 0 aromatic carbocycles. The number of fused-ring (bicyclic) bond motifs is 1. The molecule has 0 amide bonds. The van der Waals surface area contributed by atoms with Crippen molar-refractivity contribution in [2.24, 2.45) is 5.73 Å². The third kappa shape index (κ3) is 3.77. The maximum Gasteiger partial charge on any atom is 0.390 e. The van der Waals surface area contributed by atoms with Crippen LogP contribution < -0.4 is 22.3 Å². The van der Waals surface area contributed by atoms with Crippen LogP contribution in [0.2, 0.25) is 0 Å². The largest absolute Gasteiger partial charge is 0.390 e. The van der Waals surface area contributed by atoms with Gasteiger partial charge in [-0.15, -0.1) is 11.3 Å². The molecule has 2 heterocycles. The lowest BCUT2D eigenvalue weighted by atomic mass is 9.78. The van der Waals surface area contributed by atoms with E-state index in [9.17, 15) is 22.8 Å². The van der Waals surface area contributed by atoms with Crippen LogP contribution in [0.5, 0.6) is 0 Å². The smallest absolute Gasteiger partial charge is 0.329 e. The summed E-state index contributed by atoms with van der Waals surface area (Å²) in [5.41, 5.74) is 4.52. The van der Waals surface area contributed by atoms with Crippen LogP contribution in [0.1, 0.15) is 43.0 Å². The van der Waals surface area contributed by atoms with Gasteiger partial charge in [-0.2, -0.15) is 13.2 Å². The molecule has 0 spiro atoms. The van der Waals surface area contributed by atoms with Crippen molar-refractivity contribution < 1.29 is 13.2 Å². The molecule has 1 fully saturated rings.